The highest BCUT2D eigenvalue weighted by Gasteiger charge is 2.18. The van der Waals surface area contributed by atoms with Crippen molar-refractivity contribution in [1.82, 2.24) is 0 Å². The van der Waals surface area contributed by atoms with Crippen LogP contribution in [0.5, 0.6) is 0 Å². The highest BCUT2D eigenvalue weighted by Crippen LogP contribution is 2.27. The number of carbonyl (C=O) groups is 1. The largest absolute Gasteiger partial charge is 0.444 e. The monoisotopic (exact) mass is 401 g/mol. The molecule has 6 rings (SSSR count). The van der Waals surface area contributed by atoms with Gasteiger partial charge in [-0.2, -0.15) is 0 Å². The molecule has 0 unspecified atom stereocenters. The van der Waals surface area contributed by atoms with Crippen LogP contribution in [0.4, 0.5) is 10.5 Å². The lowest BCUT2D eigenvalue weighted by Gasteiger charge is -2.21. The van der Waals surface area contributed by atoms with Crippen LogP contribution in [-0.4, -0.2) is 11.7 Å². The van der Waals surface area contributed by atoms with Crippen molar-refractivity contribution in [1.29, 1.82) is 0 Å². The van der Waals surface area contributed by atoms with Crippen molar-refractivity contribution in [2.45, 2.75) is 52.1 Å². The molecule has 0 saturated carbocycles. The number of rotatable bonds is 1. The first-order valence-corrected chi connectivity index (χ1v) is 9.48. The van der Waals surface area contributed by atoms with Crippen molar-refractivity contribution < 1.29 is 9.53 Å². The predicted octanol–water partition coefficient (Wildman–Crippen LogP) is 5.68. The van der Waals surface area contributed by atoms with Gasteiger partial charge in [0.05, 0.1) is 0 Å². The van der Waals surface area contributed by atoms with Crippen LogP contribution >= 0.6 is 15.9 Å². The standard InChI is InChI=1S/C21H24BrNO2/c1-21(2,3)25-20(24)23-19-13-15-5-4-14-6-8-16(18(22)12-14)10-11-17(19)9-7-15/h6-9,12-13H,4-5,10-11H2,1-3H3,(H,23,24). The Morgan fingerprint density at radius 1 is 0.960 bits per heavy atom. The van der Waals surface area contributed by atoms with Crippen molar-refractivity contribution in [2.75, 3.05) is 5.32 Å². The Morgan fingerprint density at radius 3 is 2.20 bits per heavy atom. The van der Waals surface area contributed by atoms with Gasteiger partial charge in [0.25, 0.3) is 0 Å². The van der Waals surface area contributed by atoms with Crippen LogP contribution in [0.2, 0.25) is 0 Å². The lowest BCUT2D eigenvalue weighted by molar-refractivity contribution is 0.0636. The fraction of sp³-hybridized carbons (Fsp3) is 0.381. The Kier molecular flexibility index (Phi) is 5.19. The van der Waals surface area contributed by atoms with Crippen molar-refractivity contribution >= 4 is 27.7 Å². The zero-order valence-electron chi connectivity index (χ0n) is 15.0. The number of amides is 1. The predicted molar refractivity (Wildman–Crippen MR) is 105 cm³/mol. The Morgan fingerprint density at radius 2 is 1.56 bits per heavy atom. The van der Waals surface area contributed by atoms with Crippen LogP contribution < -0.4 is 5.32 Å². The molecule has 0 spiro atoms. The summed E-state index contributed by atoms with van der Waals surface area (Å²) in [4.78, 5) is 12.2. The van der Waals surface area contributed by atoms with Gasteiger partial charge in [0, 0.05) is 10.2 Å². The van der Waals surface area contributed by atoms with Gasteiger partial charge >= 0.3 is 6.09 Å². The number of hydrogen-bond acceptors (Lipinski definition) is 2. The summed E-state index contributed by atoms with van der Waals surface area (Å²) in [5.41, 5.74) is 5.31. The van der Waals surface area contributed by atoms with E-state index in [9.17, 15) is 4.79 Å². The molecule has 2 aromatic carbocycles. The van der Waals surface area contributed by atoms with Crippen molar-refractivity contribution in [3.63, 3.8) is 0 Å². The summed E-state index contributed by atoms with van der Waals surface area (Å²) in [6.45, 7) is 5.62. The molecule has 0 fully saturated rings. The minimum atomic E-state index is -0.505. The number of ether oxygens (including phenoxy) is 1. The van der Waals surface area contributed by atoms with E-state index in [1.165, 1.54) is 21.2 Å². The van der Waals surface area contributed by atoms with Gasteiger partial charge in [-0.15, -0.1) is 0 Å². The van der Waals surface area contributed by atoms with E-state index in [1.807, 2.05) is 20.8 Å². The van der Waals surface area contributed by atoms with Crippen LogP contribution in [0, 0.1) is 0 Å². The molecular formula is C21H24BrNO2. The van der Waals surface area contributed by atoms with E-state index in [2.05, 4.69) is 57.6 Å². The van der Waals surface area contributed by atoms with Crippen molar-refractivity contribution in [2.24, 2.45) is 0 Å². The molecule has 1 amide bonds. The number of halogens is 1. The van der Waals surface area contributed by atoms with E-state index >= 15 is 0 Å². The van der Waals surface area contributed by atoms with E-state index in [1.54, 1.807) is 0 Å². The smallest absolute Gasteiger partial charge is 0.412 e. The van der Waals surface area contributed by atoms with Gasteiger partial charge in [0.2, 0.25) is 0 Å². The summed E-state index contributed by atoms with van der Waals surface area (Å²) in [5.74, 6) is 0. The van der Waals surface area contributed by atoms with E-state index in [0.717, 1.165) is 36.9 Å². The maximum atomic E-state index is 12.2. The molecule has 4 heteroatoms. The van der Waals surface area contributed by atoms with E-state index < -0.39 is 11.7 Å². The Bertz CT molecular complexity index is 793. The number of aryl methyl sites for hydroxylation is 4. The SMILES string of the molecule is CC(C)(C)OC(=O)Nc1cc2ccc1CCc1ccc(cc1Br)CC2. The van der Waals surface area contributed by atoms with Gasteiger partial charge < -0.3 is 4.74 Å². The fourth-order valence-corrected chi connectivity index (χ4v) is 3.66. The van der Waals surface area contributed by atoms with Gasteiger partial charge in [0.1, 0.15) is 5.60 Å². The summed E-state index contributed by atoms with van der Waals surface area (Å²) < 4.78 is 6.58. The van der Waals surface area contributed by atoms with E-state index in [4.69, 9.17) is 4.74 Å². The topological polar surface area (TPSA) is 38.3 Å². The average molecular weight is 402 g/mol. The molecule has 4 aliphatic carbocycles. The summed E-state index contributed by atoms with van der Waals surface area (Å²) in [6.07, 6.45) is 3.30. The number of hydrogen-bond donors (Lipinski definition) is 1. The number of nitrogens with one attached hydrogen (secondary N) is 1. The normalized spacial score (nSPS) is 13.9. The van der Waals surface area contributed by atoms with Gasteiger partial charge in [-0.25, -0.2) is 4.79 Å². The van der Waals surface area contributed by atoms with Crippen LogP contribution in [0.3, 0.4) is 0 Å². The second-order valence-corrected chi connectivity index (χ2v) is 8.40. The molecule has 132 valence electrons. The summed E-state index contributed by atoms with van der Waals surface area (Å²) in [5, 5.41) is 2.94. The molecule has 0 aromatic heterocycles. The zero-order valence-corrected chi connectivity index (χ0v) is 16.6. The van der Waals surface area contributed by atoms with Gasteiger partial charge in [-0.05, 0) is 80.8 Å². The molecule has 0 radical (unpaired) electrons. The Labute approximate surface area is 157 Å². The van der Waals surface area contributed by atoms with Crippen molar-refractivity contribution in [3.8, 4) is 0 Å². The van der Waals surface area contributed by atoms with Crippen molar-refractivity contribution in [3.05, 3.63) is 63.1 Å². The Balaban J connectivity index is 1.87. The number of benzene rings is 2. The first-order chi connectivity index (χ1) is 11.8. The molecular weight excluding hydrogens is 378 g/mol. The summed E-state index contributed by atoms with van der Waals surface area (Å²) in [7, 11) is 0. The maximum absolute atomic E-state index is 12.2. The third-order valence-corrected chi connectivity index (χ3v) is 5.03. The number of anilines is 1. The minimum Gasteiger partial charge on any atom is -0.444 e. The first kappa shape index (κ1) is 18.0. The fourth-order valence-electron chi connectivity index (χ4n) is 3.03. The van der Waals surface area contributed by atoms with Crippen LogP contribution in [0.25, 0.3) is 0 Å². The third-order valence-electron chi connectivity index (χ3n) is 4.29. The lowest BCUT2D eigenvalue weighted by Crippen LogP contribution is -2.27. The lowest BCUT2D eigenvalue weighted by atomic mass is 9.95. The van der Waals surface area contributed by atoms with Crippen LogP contribution in [0.1, 0.15) is 43.0 Å². The molecule has 0 aliphatic heterocycles. The zero-order chi connectivity index (χ0) is 18.0. The summed E-state index contributed by atoms with van der Waals surface area (Å²) >= 11 is 3.69. The Hall–Kier alpha value is -1.81. The highest BCUT2D eigenvalue weighted by molar-refractivity contribution is 9.10. The molecule has 4 aliphatic rings. The molecule has 1 N–H and O–H groups in total. The van der Waals surface area contributed by atoms with Crippen LogP contribution in [0.15, 0.2) is 40.9 Å². The second-order valence-electron chi connectivity index (χ2n) is 7.54. The average Bonchev–Trinajstić information content (AvgIpc) is 2.49. The second kappa shape index (κ2) is 7.20. The molecule has 0 saturated heterocycles. The molecule has 0 atom stereocenters. The van der Waals surface area contributed by atoms with Crippen LogP contribution in [-0.2, 0) is 30.4 Å². The molecule has 3 nitrogen and oxygen atoms in total. The first-order valence-electron chi connectivity index (χ1n) is 8.69. The minimum absolute atomic E-state index is 0.400. The van der Waals surface area contributed by atoms with E-state index in [-0.39, 0.29) is 0 Å². The van der Waals surface area contributed by atoms with Gasteiger partial charge in [-0.1, -0.05) is 40.2 Å². The molecule has 4 bridgehead atoms. The molecule has 2 aromatic rings. The van der Waals surface area contributed by atoms with E-state index in [0.29, 0.717) is 0 Å². The summed E-state index contributed by atoms with van der Waals surface area (Å²) in [6, 6.07) is 13.0. The highest BCUT2D eigenvalue weighted by atomic mass is 79.9. The number of carbonyl (C=O) groups excluding carboxylic acids is 1. The quantitative estimate of drug-likeness (QED) is 0.667. The maximum Gasteiger partial charge on any atom is 0.412 e. The molecule has 0 heterocycles. The molecule has 25 heavy (non-hydrogen) atoms. The van der Waals surface area contributed by atoms with Gasteiger partial charge in [-0.3, -0.25) is 5.32 Å². The third kappa shape index (κ3) is 4.85. The van der Waals surface area contributed by atoms with Gasteiger partial charge in [0.15, 0.2) is 0 Å².